The molecule has 0 atom stereocenters. The Morgan fingerprint density at radius 3 is 1.55 bits per heavy atom. The van der Waals surface area contributed by atoms with E-state index in [0.29, 0.717) is 76.8 Å². The van der Waals surface area contributed by atoms with Gasteiger partial charge in [-0.2, -0.15) is 0 Å². The Labute approximate surface area is 295 Å². The summed E-state index contributed by atoms with van der Waals surface area (Å²) in [6.45, 7) is 3.01. The lowest BCUT2D eigenvalue weighted by Gasteiger charge is -2.24. The molecule has 0 saturated carbocycles. The smallest absolute Gasteiger partial charge is 0.396 e. The number of nitrogens with zero attached hydrogens (tertiary/aromatic N) is 4. The van der Waals surface area contributed by atoms with Crippen molar-refractivity contribution in [2.24, 2.45) is 10.3 Å². The second-order valence-electron chi connectivity index (χ2n) is 12.2. The molecule has 15 heteroatoms. The average molecular weight is 709 g/mol. The first-order valence-corrected chi connectivity index (χ1v) is 17.2. The molecule has 0 bridgehead atoms. The van der Waals surface area contributed by atoms with Crippen molar-refractivity contribution in [1.29, 1.82) is 0 Å². The van der Waals surface area contributed by atoms with Crippen LogP contribution in [-0.2, 0) is 23.9 Å². The first-order valence-electron chi connectivity index (χ1n) is 17.2. The quantitative estimate of drug-likeness (QED) is 0.120. The van der Waals surface area contributed by atoms with Crippen LogP contribution in [0.1, 0.15) is 69.9 Å². The Morgan fingerprint density at radius 1 is 0.725 bits per heavy atom. The number of fused-ring (bicyclic) bond motifs is 3. The predicted molar refractivity (Wildman–Crippen MR) is 184 cm³/mol. The Morgan fingerprint density at radius 2 is 1.16 bits per heavy atom. The number of aliphatic hydroxyl groups excluding tert-OH is 2. The highest BCUT2D eigenvalue weighted by Crippen LogP contribution is 2.47. The summed E-state index contributed by atoms with van der Waals surface area (Å²) >= 11 is 0. The van der Waals surface area contributed by atoms with E-state index in [-0.39, 0.29) is 56.2 Å². The van der Waals surface area contributed by atoms with Crippen LogP contribution in [0, 0.1) is 0 Å². The number of ether oxygens (including phenoxy) is 3. The fourth-order valence-electron chi connectivity index (χ4n) is 6.21. The molecule has 2 fully saturated rings. The molecular weight excluding hydrogens is 664 g/mol. The number of hydrogen-bond donors (Lipinski definition) is 2. The third kappa shape index (κ3) is 9.42. The van der Waals surface area contributed by atoms with E-state index in [1.165, 1.54) is 9.80 Å². The van der Waals surface area contributed by atoms with Crippen LogP contribution < -0.4 is 0 Å². The number of benzene rings is 2. The average Bonchev–Trinajstić information content (AvgIpc) is 3.48. The van der Waals surface area contributed by atoms with Crippen LogP contribution in [-0.4, -0.2) is 135 Å². The maximum Gasteiger partial charge on any atom is 0.436 e. The molecule has 2 aromatic carbocycles. The van der Waals surface area contributed by atoms with E-state index in [1.54, 1.807) is 31.4 Å². The summed E-state index contributed by atoms with van der Waals surface area (Å²) in [5, 5.41) is 26.8. The van der Waals surface area contributed by atoms with Gasteiger partial charge in [0.25, 0.3) is 0 Å². The Balaban J connectivity index is 1.44. The second-order valence-corrected chi connectivity index (χ2v) is 12.2. The van der Waals surface area contributed by atoms with Gasteiger partial charge in [-0.1, -0.05) is 34.6 Å². The lowest BCUT2D eigenvalue weighted by Crippen LogP contribution is -2.40. The molecule has 2 N–H and O–H groups in total. The van der Waals surface area contributed by atoms with Crippen molar-refractivity contribution in [3.05, 3.63) is 58.7 Å². The van der Waals surface area contributed by atoms with Crippen LogP contribution in [0.5, 0.6) is 0 Å². The van der Waals surface area contributed by atoms with Gasteiger partial charge in [0.2, 0.25) is 11.6 Å². The maximum atomic E-state index is 13.8. The molecule has 274 valence electrons. The van der Waals surface area contributed by atoms with Gasteiger partial charge in [-0.3, -0.25) is 19.3 Å². The van der Waals surface area contributed by atoms with Crippen molar-refractivity contribution in [1.82, 2.24) is 9.80 Å². The minimum atomic E-state index is -0.689. The van der Waals surface area contributed by atoms with Gasteiger partial charge in [0.05, 0.1) is 26.4 Å². The number of rotatable bonds is 15. The molecule has 0 spiro atoms. The monoisotopic (exact) mass is 708 g/mol. The normalized spacial score (nSPS) is 16.5. The number of aliphatic hydroxyl groups is 2. The lowest BCUT2D eigenvalue weighted by atomic mass is 9.92. The van der Waals surface area contributed by atoms with Crippen LogP contribution in [0.25, 0.3) is 11.1 Å². The van der Waals surface area contributed by atoms with Gasteiger partial charge >= 0.3 is 12.2 Å². The third-order valence-corrected chi connectivity index (χ3v) is 8.96. The Kier molecular flexibility index (Phi) is 13.8. The molecule has 1 aliphatic carbocycles. The van der Waals surface area contributed by atoms with Gasteiger partial charge in [0.1, 0.15) is 11.4 Å². The van der Waals surface area contributed by atoms with Crippen molar-refractivity contribution in [2.45, 2.75) is 38.0 Å². The number of methoxy groups -OCH3 is 1. The molecule has 15 nitrogen and oxygen atoms in total. The predicted octanol–water partition coefficient (Wildman–Crippen LogP) is 3.40. The fourth-order valence-corrected chi connectivity index (χ4v) is 6.21. The molecule has 0 unspecified atom stereocenters. The Bertz CT molecular complexity index is 1520. The molecule has 2 aromatic rings. The summed E-state index contributed by atoms with van der Waals surface area (Å²) in [5.41, 5.74) is 3.94. The number of oxime groups is 2. The first kappa shape index (κ1) is 37.7. The molecule has 2 saturated heterocycles. The van der Waals surface area contributed by atoms with Gasteiger partial charge in [0.15, 0.2) is 0 Å². The van der Waals surface area contributed by atoms with E-state index in [1.807, 2.05) is 12.1 Å². The van der Waals surface area contributed by atoms with Gasteiger partial charge in [-0.15, -0.1) is 0 Å². The van der Waals surface area contributed by atoms with Crippen molar-refractivity contribution >= 4 is 35.2 Å². The maximum absolute atomic E-state index is 13.8. The summed E-state index contributed by atoms with van der Waals surface area (Å²) in [6.07, 6.45) is -0.0858. The van der Waals surface area contributed by atoms with Crippen LogP contribution in [0.2, 0.25) is 0 Å². The summed E-state index contributed by atoms with van der Waals surface area (Å²) in [5.74, 6) is -0.997. The van der Waals surface area contributed by atoms with Crippen molar-refractivity contribution < 1.29 is 53.3 Å². The zero-order valence-corrected chi connectivity index (χ0v) is 28.7. The summed E-state index contributed by atoms with van der Waals surface area (Å²) in [6, 6.07) is 10.6. The summed E-state index contributed by atoms with van der Waals surface area (Å²) < 4.78 is 15.9. The van der Waals surface area contributed by atoms with Crippen molar-refractivity contribution in [2.75, 3.05) is 79.5 Å². The molecule has 0 radical (unpaired) electrons. The topological polar surface area (TPSA) is 186 Å². The van der Waals surface area contributed by atoms with Crippen molar-refractivity contribution in [3.8, 4) is 11.1 Å². The molecule has 51 heavy (non-hydrogen) atoms. The lowest BCUT2D eigenvalue weighted by molar-refractivity contribution is 0.0277. The number of amides is 2. The minimum absolute atomic E-state index is 0.0138. The first-order chi connectivity index (χ1) is 24.9. The van der Waals surface area contributed by atoms with E-state index >= 15 is 0 Å². The third-order valence-electron chi connectivity index (χ3n) is 8.96. The molecule has 2 amide bonds. The molecule has 2 heterocycles. The van der Waals surface area contributed by atoms with Crippen LogP contribution in [0.3, 0.4) is 0 Å². The number of morpholine rings is 2. The van der Waals surface area contributed by atoms with Gasteiger partial charge in [-0.25, -0.2) is 9.59 Å². The van der Waals surface area contributed by atoms with Gasteiger partial charge in [0, 0.05) is 70.2 Å². The zero-order valence-electron chi connectivity index (χ0n) is 28.7. The molecular formula is C36H44N4O11. The minimum Gasteiger partial charge on any atom is -0.396 e. The fraction of sp³-hybridized carbons (Fsp3) is 0.500. The van der Waals surface area contributed by atoms with E-state index in [0.717, 1.165) is 22.3 Å². The number of carbonyl (C=O) groups is 4. The summed E-state index contributed by atoms with van der Waals surface area (Å²) in [7, 11) is 1.62. The highest BCUT2D eigenvalue weighted by Gasteiger charge is 2.31. The van der Waals surface area contributed by atoms with E-state index in [2.05, 4.69) is 10.3 Å². The highest BCUT2D eigenvalue weighted by molar-refractivity contribution is 6.46. The second kappa shape index (κ2) is 18.6. The zero-order chi connectivity index (χ0) is 36.2. The van der Waals surface area contributed by atoms with Crippen molar-refractivity contribution in [3.63, 3.8) is 0 Å². The van der Waals surface area contributed by atoms with Gasteiger partial charge < -0.3 is 34.2 Å². The van der Waals surface area contributed by atoms with E-state index < -0.39 is 23.8 Å². The molecule has 3 aliphatic rings. The van der Waals surface area contributed by atoms with E-state index in [9.17, 15) is 29.4 Å². The molecule has 5 rings (SSSR count). The SMILES string of the molecule is COCCC1c2ccc(C(=O)/C(CCCO)=N/OC(=O)N3CCOCC3)cc2-c2cc(C(=O)/C(CCCO)=N/OC(=O)N3CCOCC3)ccc21. The number of Topliss-reactive ketones (excluding diaryl/α,β-unsaturated/α-hetero) is 2. The Hall–Kier alpha value is -4.54. The van der Waals surface area contributed by atoms with Crippen LogP contribution in [0.15, 0.2) is 46.7 Å². The highest BCUT2D eigenvalue weighted by atomic mass is 16.7. The number of carbonyl (C=O) groups excluding carboxylic acids is 4. The largest absolute Gasteiger partial charge is 0.436 e. The standard InChI is InChI=1S/C36H44N4O11/c1-47-17-10-28-26-8-6-24(33(43)31(4-2-15-41)37-50-35(45)39-11-18-48-19-12-39)22-29(26)30-23-25(7-9-27(28)30)34(44)32(5-3-16-42)38-51-36(46)40-13-20-49-21-14-40/h6-9,22-23,28,41-42H,2-5,10-21H2,1H3/b37-31+,38-32+. The van der Waals surface area contributed by atoms with E-state index in [4.69, 9.17) is 23.9 Å². The molecule has 0 aromatic heterocycles. The van der Waals surface area contributed by atoms with Gasteiger partial charge in [-0.05, 0) is 66.5 Å². The number of hydrogen-bond acceptors (Lipinski definition) is 13. The van der Waals surface area contributed by atoms with Crippen LogP contribution >= 0.6 is 0 Å². The van der Waals surface area contributed by atoms with Crippen LogP contribution in [0.4, 0.5) is 9.59 Å². The summed E-state index contributed by atoms with van der Waals surface area (Å²) in [4.78, 5) is 66.0. The number of ketones is 2. The molecule has 2 aliphatic heterocycles.